The maximum atomic E-state index is 13.1. The lowest BCUT2D eigenvalue weighted by Crippen LogP contribution is -2.50. The van der Waals surface area contributed by atoms with Crippen molar-refractivity contribution >= 4 is 62.1 Å². The Kier molecular flexibility index (Phi) is 13.1. The highest BCUT2D eigenvalue weighted by molar-refractivity contribution is 7.92. The lowest BCUT2D eigenvalue weighted by molar-refractivity contribution is -0.137. The van der Waals surface area contributed by atoms with Gasteiger partial charge in [0.05, 0.1) is 39.9 Å². The molecule has 1 unspecified atom stereocenters. The molecule has 0 aliphatic carbocycles. The van der Waals surface area contributed by atoms with E-state index in [0.717, 1.165) is 68.9 Å². The van der Waals surface area contributed by atoms with Crippen LogP contribution in [0.3, 0.4) is 0 Å². The van der Waals surface area contributed by atoms with Crippen molar-refractivity contribution in [3.05, 3.63) is 88.1 Å². The molecular formula is C44H55ClN8O5S. The maximum absolute atomic E-state index is 13.1. The number of benzene rings is 3. The number of ether oxygens (including phenoxy) is 1. The number of anilines is 5. The highest BCUT2D eigenvalue weighted by Crippen LogP contribution is 2.39. The number of likely N-dealkylation sites (tertiary alicyclic amines) is 1. The molecule has 2 saturated heterocycles. The van der Waals surface area contributed by atoms with Gasteiger partial charge < -0.3 is 25.6 Å². The number of carbonyl (C=O) groups excluding carboxylic acids is 2. The molecule has 1 atom stereocenters. The highest BCUT2D eigenvalue weighted by Gasteiger charge is 2.35. The molecule has 4 heterocycles. The first-order chi connectivity index (χ1) is 28.3. The quantitative estimate of drug-likeness (QED) is 0.0684. The van der Waals surface area contributed by atoms with Gasteiger partial charge in [0.1, 0.15) is 10.8 Å². The largest absolute Gasteiger partial charge is 0.489 e. The number of amides is 2. The Labute approximate surface area is 352 Å². The van der Waals surface area contributed by atoms with E-state index in [4.69, 9.17) is 16.3 Å². The number of carbonyl (C=O) groups is 2. The fraction of sp³-hybridized carbons (Fsp3) is 0.455. The van der Waals surface area contributed by atoms with Crippen molar-refractivity contribution < 1.29 is 22.7 Å². The number of nitrogens with zero attached hydrogens (tertiary/aromatic N) is 4. The number of aromatic nitrogens is 2. The summed E-state index contributed by atoms with van der Waals surface area (Å²) in [5.74, 6) is 1.31. The van der Waals surface area contributed by atoms with Gasteiger partial charge in [-0.2, -0.15) is 4.98 Å². The zero-order valence-corrected chi connectivity index (χ0v) is 36.0. The standard InChI is InChI=1S/C44H55ClN8O5S/c1-27(2)58-39-23-32(29(5)22-37(39)49-44-47-24-34(45)42(51-44)48-36-11-6-7-13-40(36)59(56,57)28(3)4)30-16-20-52(21-17-30)19-9-18-46-35-12-8-10-31-25-53(26-33(31)35)38-14-15-41(54)50-43(38)55/h6-8,10-13,22-24,27-28,30,38,46H,9,14-21,25-26H2,1-5H3,(H,50,54,55)(H2,47,48,49,51). The number of piperidine rings is 2. The Balaban J connectivity index is 0.949. The van der Waals surface area contributed by atoms with Crippen LogP contribution in [0.25, 0.3) is 0 Å². The maximum Gasteiger partial charge on any atom is 0.243 e. The summed E-state index contributed by atoms with van der Waals surface area (Å²) in [7, 11) is -3.56. The van der Waals surface area contributed by atoms with Gasteiger partial charge in [0.15, 0.2) is 15.7 Å². The lowest BCUT2D eigenvalue weighted by atomic mass is 9.86. The van der Waals surface area contributed by atoms with Crippen LogP contribution in [0.2, 0.25) is 5.02 Å². The SMILES string of the molecule is Cc1cc(Nc2ncc(Cl)c(Nc3ccccc3S(=O)(=O)C(C)C)n2)c(OC(C)C)cc1C1CCN(CCCNc2cccc3c2CN(C2CCC(=O)NC2=O)C3)CC1. The molecular weight excluding hydrogens is 788 g/mol. The van der Waals surface area contributed by atoms with Gasteiger partial charge in [-0.3, -0.25) is 19.8 Å². The van der Waals surface area contributed by atoms with E-state index in [-0.39, 0.29) is 45.6 Å². The molecule has 3 aliphatic heterocycles. The fourth-order valence-corrected chi connectivity index (χ4v) is 9.62. The molecule has 4 aromatic rings. The molecule has 15 heteroatoms. The van der Waals surface area contributed by atoms with Crippen molar-refractivity contribution in [3.8, 4) is 5.75 Å². The van der Waals surface area contributed by atoms with Crippen LogP contribution in [0.4, 0.5) is 28.8 Å². The summed E-state index contributed by atoms with van der Waals surface area (Å²) in [6.07, 6.45) is 5.50. The number of hydrogen-bond acceptors (Lipinski definition) is 12. The topological polar surface area (TPSA) is 158 Å². The molecule has 1 aromatic heterocycles. The smallest absolute Gasteiger partial charge is 0.243 e. The van der Waals surface area contributed by atoms with Crippen LogP contribution in [0, 0.1) is 6.92 Å². The van der Waals surface area contributed by atoms with Gasteiger partial charge in [-0.1, -0.05) is 35.9 Å². The highest BCUT2D eigenvalue weighted by atomic mass is 35.5. The number of para-hydroxylation sites is 1. The van der Waals surface area contributed by atoms with E-state index in [1.165, 1.54) is 22.9 Å². The normalized spacial score (nSPS) is 17.9. The first-order valence-corrected chi connectivity index (χ1v) is 22.5. The number of sulfone groups is 1. The second-order valence-electron chi connectivity index (χ2n) is 16.3. The third kappa shape index (κ3) is 9.83. The number of nitrogens with one attached hydrogen (secondary N) is 4. The van der Waals surface area contributed by atoms with Crippen LogP contribution in [-0.4, -0.2) is 83.6 Å². The van der Waals surface area contributed by atoms with Crippen molar-refractivity contribution in [2.45, 2.75) is 108 Å². The monoisotopic (exact) mass is 842 g/mol. The molecule has 314 valence electrons. The number of fused-ring (bicyclic) bond motifs is 1. The zero-order chi connectivity index (χ0) is 41.8. The van der Waals surface area contributed by atoms with Crippen molar-refractivity contribution in [1.29, 1.82) is 0 Å². The Bertz CT molecular complexity index is 2300. The molecule has 0 saturated carbocycles. The molecule has 0 bridgehead atoms. The van der Waals surface area contributed by atoms with Crippen LogP contribution >= 0.6 is 11.6 Å². The third-order valence-electron chi connectivity index (χ3n) is 11.4. The minimum absolute atomic E-state index is 0.0643. The van der Waals surface area contributed by atoms with E-state index in [9.17, 15) is 18.0 Å². The van der Waals surface area contributed by atoms with E-state index < -0.39 is 15.1 Å². The number of halogens is 1. The van der Waals surface area contributed by atoms with Gasteiger partial charge >= 0.3 is 0 Å². The van der Waals surface area contributed by atoms with Gasteiger partial charge in [-0.25, -0.2) is 13.4 Å². The Morgan fingerprint density at radius 2 is 1.71 bits per heavy atom. The summed E-state index contributed by atoms with van der Waals surface area (Å²) in [4.78, 5) is 38.2. The Morgan fingerprint density at radius 3 is 2.46 bits per heavy atom. The molecule has 3 aromatic carbocycles. The van der Waals surface area contributed by atoms with Gasteiger partial charge in [0.2, 0.25) is 17.8 Å². The minimum Gasteiger partial charge on any atom is -0.489 e. The zero-order valence-electron chi connectivity index (χ0n) is 34.5. The molecule has 7 rings (SSSR count). The van der Waals surface area contributed by atoms with Crippen LogP contribution in [0.5, 0.6) is 5.75 Å². The third-order valence-corrected chi connectivity index (χ3v) is 13.9. The molecule has 13 nitrogen and oxygen atoms in total. The summed E-state index contributed by atoms with van der Waals surface area (Å²) in [6, 6.07) is 17.0. The second-order valence-corrected chi connectivity index (χ2v) is 19.2. The molecule has 3 aliphatic rings. The molecule has 0 spiro atoms. The van der Waals surface area contributed by atoms with Gasteiger partial charge in [0, 0.05) is 31.7 Å². The second kappa shape index (κ2) is 18.2. The van der Waals surface area contributed by atoms with E-state index in [1.807, 2.05) is 13.8 Å². The molecule has 2 amide bonds. The van der Waals surface area contributed by atoms with E-state index in [2.05, 4.69) is 78.3 Å². The number of rotatable bonds is 15. The molecule has 0 radical (unpaired) electrons. The number of hydrogen-bond donors (Lipinski definition) is 4. The summed E-state index contributed by atoms with van der Waals surface area (Å²) < 4.78 is 32.5. The van der Waals surface area contributed by atoms with Crippen LogP contribution in [0.15, 0.2) is 65.7 Å². The van der Waals surface area contributed by atoms with Crippen molar-refractivity contribution in [3.63, 3.8) is 0 Å². The van der Waals surface area contributed by atoms with Gasteiger partial charge in [-0.05, 0) is 138 Å². The molecule has 2 fully saturated rings. The van der Waals surface area contributed by atoms with Crippen molar-refractivity contribution in [1.82, 2.24) is 25.1 Å². The Hall–Kier alpha value is -4.76. The first kappa shape index (κ1) is 42.4. The van der Waals surface area contributed by atoms with E-state index in [1.54, 1.807) is 38.1 Å². The number of aryl methyl sites for hydroxylation is 1. The van der Waals surface area contributed by atoms with Gasteiger partial charge in [-0.15, -0.1) is 0 Å². The van der Waals surface area contributed by atoms with E-state index >= 15 is 0 Å². The summed E-state index contributed by atoms with van der Waals surface area (Å²) in [5.41, 5.74) is 7.16. The predicted molar refractivity (Wildman–Crippen MR) is 233 cm³/mol. The predicted octanol–water partition coefficient (Wildman–Crippen LogP) is 7.70. The average Bonchev–Trinajstić information content (AvgIpc) is 3.64. The van der Waals surface area contributed by atoms with Crippen molar-refractivity contribution in [2.75, 3.05) is 42.1 Å². The average molecular weight is 843 g/mol. The molecule has 59 heavy (non-hydrogen) atoms. The van der Waals surface area contributed by atoms with Crippen LogP contribution in [0.1, 0.15) is 88.0 Å². The van der Waals surface area contributed by atoms with E-state index in [0.29, 0.717) is 36.7 Å². The number of imide groups is 1. The summed E-state index contributed by atoms with van der Waals surface area (Å²) in [6.45, 7) is 14.8. The van der Waals surface area contributed by atoms with Gasteiger partial charge in [0.25, 0.3) is 0 Å². The fourth-order valence-electron chi connectivity index (χ4n) is 8.28. The lowest BCUT2D eigenvalue weighted by Gasteiger charge is -2.33. The molecule has 4 N–H and O–H groups in total. The summed E-state index contributed by atoms with van der Waals surface area (Å²) >= 11 is 6.52. The summed E-state index contributed by atoms with van der Waals surface area (Å²) in [5, 5.41) is 12.3. The van der Waals surface area contributed by atoms with Crippen molar-refractivity contribution in [2.24, 2.45) is 0 Å². The first-order valence-electron chi connectivity index (χ1n) is 20.6. The van der Waals surface area contributed by atoms with Crippen LogP contribution < -0.4 is 26.0 Å². The Morgan fingerprint density at radius 1 is 0.949 bits per heavy atom. The van der Waals surface area contributed by atoms with Crippen LogP contribution in [-0.2, 0) is 32.5 Å². The minimum atomic E-state index is -3.56.